The van der Waals surface area contributed by atoms with Gasteiger partial charge in [0.05, 0.1) is 24.7 Å². The normalized spacial score (nSPS) is 10.9. The number of nitrogens with zero attached hydrogens (tertiary/aromatic N) is 1. The minimum Gasteiger partial charge on any atom is -0.382 e. The Morgan fingerprint density at radius 3 is 2.75 bits per heavy atom. The molecule has 1 heterocycles. The first-order valence-corrected chi connectivity index (χ1v) is 6.27. The SMILES string of the molecule is COCCOCCCOCc1cnc(Cl)s1. The van der Waals surface area contributed by atoms with Crippen molar-refractivity contribution >= 4 is 22.9 Å². The molecule has 1 aromatic rings. The first-order chi connectivity index (χ1) is 7.83. The maximum absolute atomic E-state index is 5.69. The second-order valence-electron chi connectivity index (χ2n) is 3.09. The minimum absolute atomic E-state index is 0.557. The number of methoxy groups -OCH3 is 1. The van der Waals surface area contributed by atoms with Crippen molar-refractivity contribution in [2.24, 2.45) is 0 Å². The zero-order valence-corrected chi connectivity index (χ0v) is 10.9. The lowest BCUT2D eigenvalue weighted by Crippen LogP contribution is -2.05. The van der Waals surface area contributed by atoms with Gasteiger partial charge in [0.25, 0.3) is 0 Å². The van der Waals surface area contributed by atoms with Crippen molar-refractivity contribution in [1.82, 2.24) is 4.98 Å². The number of aromatic nitrogens is 1. The van der Waals surface area contributed by atoms with E-state index in [1.807, 2.05) is 0 Å². The summed E-state index contributed by atoms with van der Waals surface area (Å²) < 4.78 is 16.1. The molecule has 0 saturated heterocycles. The zero-order chi connectivity index (χ0) is 11.6. The van der Waals surface area contributed by atoms with E-state index < -0.39 is 0 Å². The van der Waals surface area contributed by atoms with Crippen LogP contribution in [0.3, 0.4) is 0 Å². The van der Waals surface area contributed by atoms with E-state index in [2.05, 4.69) is 4.98 Å². The third-order valence-corrected chi connectivity index (χ3v) is 2.87. The minimum atomic E-state index is 0.557. The largest absolute Gasteiger partial charge is 0.382 e. The van der Waals surface area contributed by atoms with Gasteiger partial charge in [-0.05, 0) is 6.42 Å². The average molecular weight is 266 g/mol. The second-order valence-corrected chi connectivity index (χ2v) is 4.79. The van der Waals surface area contributed by atoms with Crippen LogP contribution in [0.4, 0.5) is 0 Å². The molecule has 0 atom stereocenters. The fraction of sp³-hybridized carbons (Fsp3) is 0.700. The molecular weight excluding hydrogens is 250 g/mol. The molecule has 0 aliphatic carbocycles. The first-order valence-electron chi connectivity index (χ1n) is 5.07. The fourth-order valence-corrected chi connectivity index (χ4v) is 1.95. The van der Waals surface area contributed by atoms with Crippen LogP contribution < -0.4 is 0 Å². The van der Waals surface area contributed by atoms with Crippen molar-refractivity contribution in [2.75, 3.05) is 33.5 Å². The van der Waals surface area contributed by atoms with Crippen molar-refractivity contribution in [3.63, 3.8) is 0 Å². The number of hydrogen-bond donors (Lipinski definition) is 0. The Labute approximate surface area is 104 Å². The number of halogens is 1. The molecule has 0 fully saturated rings. The smallest absolute Gasteiger partial charge is 0.183 e. The van der Waals surface area contributed by atoms with Crippen LogP contribution in [0, 0.1) is 0 Å². The van der Waals surface area contributed by atoms with Gasteiger partial charge in [-0.25, -0.2) is 4.98 Å². The Hall–Kier alpha value is -0.200. The molecule has 1 rings (SSSR count). The van der Waals surface area contributed by atoms with Gasteiger partial charge in [-0.3, -0.25) is 0 Å². The van der Waals surface area contributed by atoms with Crippen LogP contribution in [0.1, 0.15) is 11.3 Å². The van der Waals surface area contributed by atoms with Crippen molar-refractivity contribution < 1.29 is 14.2 Å². The maximum atomic E-state index is 5.69. The standard InChI is InChI=1S/C10H16ClNO3S/c1-13-5-6-14-3-2-4-15-8-9-7-12-10(11)16-9/h7H,2-6,8H2,1H3. The molecule has 16 heavy (non-hydrogen) atoms. The molecule has 0 unspecified atom stereocenters. The van der Waals surface area contributed by atoms with Gasteiger partial charge >= 0.3 is 0 Å². The third kappa shape index (κ3) is 6.40. The van der Waals surface area contributed by atoms with E-state index in [1.165, 1.54) is 11.3 Å². The Morgan fingerprint density at radius 1 is 1.25 bits per heavy atom. The summed E-state index contributed by atoms with van der Waals surface area (Å²) in [6.45, 7) is 3.24. The van der Waals surface area contributed by atoms with Gasteiger partial charge in [0, 0.05) is 26.5 Å². The topological polar surface area (TPSA) is 40.6 Å². The molecular formula is C10H16ClNO3S. The zero-order valence-electron chi connectivity index (χ0n) is 9.28. The first kappa shape index (κ1) is 13.9. The summed E-state index contributed by atoms with van der Waals surface area (Å²) in [6.07, 6.45) is 2.62. The van der Waals surface area contributed by atoms with Crippen molar-refractivity contribution in [3.8, 4) is 0 Å². The van der Waals surface area contributed by atoms with Crippen LogP contribution in [0.15, 0.2) is 6.20 Å². The van der Waals surface area contributed by atoms with Crippen LogP contribution in [-0.4, -0.2) is 38.5 Å². The molecule has 1 aromatic heterocycles. The van der Waals surface area contributed by atoms with E-state index in [0.717, 1.165) is 11.3 Å². The quantitative estimate of drug-likeness (QED) is 0.643. The van der Waals surface area contributed by atoms with Gasteiger partial charge in [0.2, 0.25) is 0 Å². The number of thiazole rings is 1. The molecule has 0 amide bonds. The van der Waals surface area contributed by atoms with Gasteiger partial charge in [-0.15, -0.1) is 11.3 Å². The second kappa shape index (κ2) is 8.90. The predicted octanol–water partition coefficient (Wildman–Crippen LogP) is 2.37. The molecule has 6 heteroatoms. The summed E-state index contributed by atoms with van der Waals surface area (Å²) in [6, 6.07) is 0. The van der Waals surface area contributed by atoms with Crippen molar-refractivity contribution in [1.29, 1.82) is 0 Å². The van der Waals surface area contributed by atoms with Crippen LogP contribution >= 0.6 is 22.9 Å². The van der Waals surface area contributed by atoms with Gasteiger partial charge < -0.3 is 14.2 Å². The molecule has 0 spiro atoms. The molecule has 4 nitrogen and oxygen atoms in total. The molecule has 92 valence electrons. The molecule has 0 aromatic carbocycles. The molecule has 0 radical (unpaired) electrons. The molecule has 0 aliphatic rings. The van der Waals surface area contributed by atoms with E-state index in [9.17, 15) is 0 Å². The maximum Gasteiger partial charge on any atom is 0.183 e. The lowest BCUT2D eigenvalue weighted by molar-refractivity contribution is 0.0487. The summed E-state index contributed by atoms with van der Waals surface area (Å²) >= 11 is 7.14. The Bertz CT molecular complexity index is 283. The van der Waals surface area contributed by atoms with Gasteiger partial charge in [0.15, 0.2) is 4.47 Å². The highest BCUT2D eigenvalue weighted by molar-refractivity contribution is 7.15. The Balaban J connectivity index is 1.88. The van der Waals surface area contributed by atoms with Crippen LogP contribution in [-0.2, 0) is 20.8 Å². The summed E-state index contributed by atoms with van der Waals surface area (Å²) in [5.41, 5.74) is 0. The number of rotatable bonds is 9. The van der Waals surface area contributed by atoms with E-state index in [0.29, 0.717) is 37.5 Å². The molecule has 0 saturated carbocycles. The molecule has 0 N–H and O–H groups in total. The fourth-order valence-electron chi connectivity index (χ4n) is 1.03. The summed E-state index contributed by atoms with van der Waals surface area (Å²) in [4.78, 5) is 4.98. The number of ether oxygens (including phenoxy) is 3. The average Bonchev–Trinajstić information content (AvgIpc) is 2.68. The van der Waals surface area contributed by atoms with Crippen LogP contribution in [0.25, 0.3) is 0 Å². The summed E-state index contributed by atoms with van der Waals surface area (Å²) in [5, 5.41) is 0. The van der Waals surface area contributed by atoms with Crippen LogP contribution in [0.2, 0.25) is 4.47 Å². The lowest BCUT2D eigenvalue weighted by Gasteiger charge is -2.04. The summed E-state index contributed by atoms with van der Waals surface area (Å²) in [7, 11) is 1.66. The highest BCUT2D eigenvalue weighted by atomic mass is 35.5. The van der Waals surface area contributed by atoms with Gasteiger partial charge in [0.1, 0.15) is 0 Å². The van der Waals surface area contributed by atoms with Gasteiger partial charge in [-0.2, -0.15) is 0 Å². The van der Waals surface area contributed by atoms with Crippen LogP contribution in [0.5, 0.6) is 0 Å². The van der Waals surface area contributed by atoms with Crippen molar-refractivity contribution in [2.45, 2.75) is 13.0 Å². The highest BCUT2D eigenvalue weighted by Gasteiger charge is 1.99. The third-order valence-electron chi connectivity index (χ3n) is 1.78. The predicted molar refractivity (Wildman–Crippen MR) is 64.1 cm³/mol. The Kier molecular flexibility index (Phi) is 7.71. The van der Waals surface area contributed by atoms with E-state index >= 15 is 0 Å². The highest BCUT2D eigenvalue weighted by Crippen LogP contribution is 2.18. The molecule has 0 aliphatic heterocycles. The van der Waals surface area contributed by atoms with E-state index in [1.54, 1.807) is 13.3 Å². The Morgan fingerprint density at radius 2 is 2.06 bits per heavy atom. The monoisotopic (exact) mass is 265 g/mol. The van der Waals surface area contributed by atoms with E-state index in [-0.39, 0.29) is 0 Å². The number of hydrogen-bond acceptors (Lipinski definition) is 5. The lowest BCUT2D eigenvalue weighted by atomic mass is 10.5. The van der Waals surface area contributed by atoms with E-state index in [4.69, 9.17) is 25.8 Å². The molecule has 0 bridgehead atoms. The summed E-state index contributed by atoms with van der Waals surface area (Å²) in [5.74, 6) is 0. The van der Waals surface area contributed by atoms with Crippen molar-refractivity contribution in [3.05, 3.63) is 15.5 Å². The van der Waals surface area contributed by atoms with Gasteiger partial charge in [-0.1, -0.05) is 11.6 Å².